The summed E-state index contributed by atoms with van der Waals surface area (Å²) in [6, 6.07) is 20.0. The summed E-state index contributed by atoms with van der Waals surface area (Å²) < 4.78 is 1.82. The molecule has 0 aliphatic heterocycles. The van der Waals surface area contributed by atoms with Crippen molar-refractivity contribution in [2.45, 2.75) is 58.2 Å². The molecule has 1 aliphatic carbocycles. The van der Waals surface area contributed by atoms with Gasteiger partial charge in [0.2, 0.25) is 5.91 Å². The standard InChI is InChI=1S/C29H30N4O2/c1-2-21-9-11-22(12-10-21)19-32(20-23-6-5-17-30-18-23)28(34)16-15-27-31-26-8-4-3-7-25(26)29(35)33(27)24-13-14-24/h3-12,17-18,24H,2,13-16,19-20H2,1H3. The van der Waals surface area contributed by atoms with E-state index in [-0.39, 0.29) is 17.5 Å². The third kappa shape index (κ3) is 5.32. The van der Waals surface area contributed by atoms with E-state index in [4.69, 9.17) is 4.98 Å². The molecule has 1 amide bonds. The molecule has 1 fully saturated rings. The first kappa shape index (κ1) is 23.0. The molecule has 1 saturated carbocycles. The summed E-state index contributed by atoms with van der Waals surface area (Å²) in [7, 11) is 0. The van der Waals surface area contributed by atoms with Crippen molar-refractivity contribution in [2.75, 3.05) is 0 Å². The second-order valence-electron chi connectivity index (χ2n) is 9.23. The van der Waals surface area contributed by atoms with Gasteiger partial charge in [-0.15, -0.1) is 0 Å². The lowest BCUT2D eigenvalue weighted by molar-refractivity contribution is -0.132. The van der Waals surface area contributed by atoms with Crippen LogP contribution in [-0.2, 0) is 30.7 Å². The first-order chi connectivity index (χ1) is 17.1. The Bertz CT molecular complexity index is 1380. The van der Waals surface area contributed by atoms with Crippen molar-refractivity contribution in [3.05, 3.63) is 106 Å². The van der Waals surface area contributed by atoms with E-state index in [1.165, 1.54) is 5.56 Å². The second-order valence-corrected chi connectivity index (χ2v) is 9.23. The van der Waals surface area contributed by atoms with Crippen LogP contribution in [0.1, 0.15) is 54.7 Å². The fourth-order valence-corrected chi connectivity index (χ4v) is 4.50. The summed E-state index contributed by atoms with van der Waals surface area (Å²) in [6.45, 7) is 3.15. The Hall–Kier alpha value is -3.80. The van der Waals surface area contributed by atoms with E-state index in [0.717, 1.165) is 30.4 Å². The smallest absolute Gasteiger partial charge is 0.261 e. The number of hydrogen-bond acceptors (Lipinski definition) is 4. The van der Waals surface area contributed by atoms with Gasteiger partial charge in [-0.05, 0) is 54.2 Å². The summed E-state index contributed by atoms with van der Waals surface area (Å²) in [5, 5.41) is 0.642. The van der Waals surface area contributed by atoms with E-state index < -0.39 is 0 Å². The third-order valence-corrected chi connectivity index (χ3v) is 6.61. The lowest BCUT2D eigenvalue weighted by Crippen LogP contribution is -2.31. The van der Waals surface area contributed by atoms with Crippen molar-refractivity contribution >= 4 is 16.8 Å². The average molecular weight is 467 g/mol. The minimum atomic E-state index is 0.00350. The van der Waals surface area contributed by atoms with Gasteiger partial charge in [-0.3, -0.25) is 19.1 Å². The van der Waals surface area contributed by atoms with Crippen molar-refractivity contribution in [3.8, 4) is 0 Å². The first-order valence-corrected chi connectivity index (χ1v) is 12.4. The first-order valence-electron chi connectivity index (χ1n) is 12.4. The van der Waals surface area contributed by atoms with Gasteiger partial charge in [0.05, 0.1) is 10.9 Å². The maximum Gasteiger partial charge on any atom is 0.261 e. The number of aromatic nitrogens is 3. The van der Waals surface area contributed by atoms with Gasteiger partial charge in [0.25, 0.3) is 5.56 Å². The molecule has 5 rings (SSSR count). The van der Waals surface area contributed by atoms with Gasteiger partial charge in [0, 0.05) is 44.4 Å². The molecule has 0 saturated heterocycles. The molecular weight excluding hydrogens is 436 g/mol. The number of nitrogens with zero attached hydrogens (tertiary/aromatic N) is 4. The van der Waals surface area contributed by atoms with Crippen molar-refractivity contribution in [1.29, 1.82) is 0 Å². The molecular formula is C29H30N4O2. The fourth-order valence-electron chi connectivity index (χ4n) is 4.50. The van der Waals surface area contributed by atoms with Crippen LogP contribution in [0.5, 0.6) is 0 Å². The Labute approximate surface area is 205 Å². The van der Waals surface area contributed by atoms with Gasteiger partial charge in [-0.1, -0.05) is 49.4 Å². The molecule has 2 aromatic heterocycles. The van der Waals surface area contributed by atoms with E-state index in [1.54, 1.807) is 12.4 Å². The normalized spacial score (nSPS) is 13.2. The highest BCUT2D eigenvalue weighted by molar-refractivity contribution is 5.78. The highest BCUT2D eigenvalue weighted by atomic mass is 16.2. The van der Waals surface area contributed by atoms with Crippen molar-refractivity contribution in [1.82, 2.24) is 19.4 Å². The maximum atomic E-state index is 13.5. The van der Waals surface area contributed by atoms with Crippen LogP contribution in [0.15, 0.2) is 77.9 Å². The minimum Gasteiger partial charge on any atom is -0.334 e. The lowest BCUT2D eigenvalue weighted by Gasteiger charge is -2.23. The molecule has 178 valence electrons. The molecule has 1 aliphatic rings. The van der Waals surface area contributed by atoms with Gasteiger partial charge in [-0.25, -0.2) is 4.98 Å². The van der Waals surface area contributed by atoms with Crippen LogP contribution >= 0.6 is 0 Å². The van der Waals surface area contributed by atoms with E-state index in [2.05, 4.69) is 36.2 Å². The predicted molar refractivity (Wildman–Crippen MR) is 137 cm³/mol. The summed E-state index contributed by atoms with van der Waals surface area (Å²) >= 11 is 0. The van der Waals surface area contributed by atoms with Gasteiger partial charge >= 0.3 is 0 Å². The Balaban J connectivity index is 1.38. The minimum absolute atomic E-state index is 0.00350. The van der Waals surface area contributed by atoms with Gasteiger partial charge < -0.3 is 4.90 Å². The Morgan fingerprint density at radius 1 is 0.971 bits per heavy atom. The van der Waals surface area contributed by atoms with E-state index in [9.17, 15) is 9.59 Å². The van der Waals surface area contributed by atoms with Gasteiger partial charge in [-0.2, -0.15) is 0 Å². The van der Waals surface area contributed by atoms with Crippen LogP contribution in [0.25, 0.3) is 10.9 Å². The Morgan fingerprint density at radius 3 is 2.43 bits per heavy atom. The molecule has 0 radical (unpaired) electrons. The summed E-state index contributed by atoms with van der Waals surface area (Å²) in [5.74, 6) is 0.747. The number of hydrogen-bond donors (Lipinski definition) is 0. The highest BCUT2D eigenvalue weighted by Gasteiger charge is 2.28. The molecule has 0 N–H and O–H groups in total. The van der Waals surface area contributed by atoms with Gasteiger partial charge in [0.1, 0.15) is 5.82 Å². The summed E-state index contributed by atoms with van der Waals surface area (Å²) in [5.41, 5.74) is 4.06. The van der Waals surface area contributed by atoms with Crippen LogP contribution in [-0.4, -0.2) is 25.3 Å². The molecule has 0 atom stereocenters. The van der Waals surface area contributed by atoms with Crippen molar-refractivity contribution in [3.63, 3.8) is 0 Å². The number of benzene rings is 2. The fraction of sp³-hybridized carbons (Fsp3) is 0.310. The zero-order valence-corrected chi connectivity index (χ0v) is 20.1. The SMILES string of the molecule is CCc1ccc(CN(Cc2cccnc2)C(=O)CCc2nc3ccccc3c(=O)n2C2CC2)cc1. The number of rotatable bonds is 9. The Kier molecular flexibility index (Phi) is 6.70. The monoisotopic (exact) mass is 466 g/mol. The number of pyridine rings is 1. The predicted octanol–water partition coefficient (Wildman–Crippen LogP) is 4.85. The van der Waals surface area contributed by atoms with Crippen LogP contribution in [0.3, 0.4) is 0 Å². The second kappa shape index (κ2) is 10.2. The van der Waals surface area contributed by atoms with Crippen molar-refractivity contribution in [2.24, 2.45) is 0 Å². The quantitative estimate of drug-likeness (QED) is 0.354. The molecule has 4 aromatic rings. The largest absolute Gasteiger partial charge is 0.334 e. The number of amides is 1. The number of carbonyl (C=O) groups excluding carboxylic acids is 1. The average Bonchev–Trinajstić information content (AvgIpc) is 3.73. The highest BCUT2D eigenvalue weighted by Crippen LogP contribution is 2.35. The van der Waals surface area contributed by atoms with Gasteiger partial charge in [0.15, 0.2) is 0 Å². The number of aryl methyl sites for hydroxylation is 2. The Morgan fingerprint density at radius 2 is 1.71 bits per heavy atom. The molecule has 0 bridgehead atoms. The van der Waals surface area contributed by atoms with E-state index in [0.29, 0.717) is 42.7 Å². The zero-order valence-electron chi connectivity index (χ0n) is 20.1. The summed E-state index contributed by atoms with van der Waals surface area (Å²) in [4.78, 5) is 37.5. The maximum absolute atomic E-state index is 13.5. The van der Waals surface area contributed by atoms with Crippen LogP contribution < -0.4 is 5.56 Å². The molecule has 6 nitrogen and oxygen atoms in total. The molecule has 0 unspecified atom stereocenters. The van der Waals surface area contributed by atoms with Crippen molar-refractivity contribution < 1.29 is 4.79 Å². The molecule has 0 spiro atoms. The molecule has 6 heteroatoms. The van der Waals surface area contributed by atoms with Crippen LogP contribution in [0, 0.1) is 0 Å². The number of para-hydroxylation sites is 1. The van der Waals surface area contributed by atoms with Crippen LogP contribution in [0.2, 0.25) is 0 Å². The van der Waals surface area contributed by atoms with E-state index in [1.807, 2.05) is 45.9 Å². The molecule has 2 aromatic carbocycles. The number of fused-ring (bicyclic) bond motifs is 1. The third-order valence-electron chi connectivity index (χ3n) is 6.61. The zero-order chi connectivity index (χ0) is 24.2. The molecule has 35 heavy (non-hydrogen) atoms. The molecule has 2 heterocycles. The van der Waals surface area contributed by atoms with Crippen LogP contribution in [0.4, 0.5) is 0 Å². The van der Waals surface area contributed by atoms with E-state index >= 15 is 0 Å². The lowest BCUT2D eigenvalue weighted by atomic mass is 10.1. The summed E-state index contributed by atoms with van der Waals surface area (Å²) in [6.07, 6.45) is 7.24. The number of carbonyl (C=O) groups is 1. The topological polar surface area (TPSA) is 68.1 Å².